The van der Waals surface area contributed by atoms with Crippen LogP contribution < -0.4 is 16.4 Å². The number of amides is 1. The van der Waals surface area contributed by atoms with Crippen molar-refractivity contribution < 1.29 is 4.79 Å². The van der Waals surface area contributed by atoms with Crippen LogP contribution in [0.4, 0.5) is 5.82 Å². The van der Waals surface area contributed by atoms with Gasteiger partial charge in [-0.1, -0.05) is 6.92 Å². The SMILES string of the molecule is CC1CCCN(c2ccc(C(N)=O)nn2)C1CN. The normalized spacial score (nSPS) is 24.0. The molecule has 0 spiro atoms. The van der Waals surface area contributed by atoms with E-state index in [1.807, 2.05) is 0 Å². The molecule has 2 rings (SSSR count). The summed E-state index contributed by atoms with van der Waals surface area (Å²) >= 11 is 0. The molecule has 1 aromatic rings. The fourth-order valence-electron chi connectivity index (χ4n) is 2.50. The lowest BCUT2D eigenvalue weighted by molar-refractivity contribution is 0.0994. The van der Waals surface area contributed by atoms with Gasteiger partial charge < -0.3 is 16.4 Å². The van der Waals surface area contributed by atoms with E-state index in [0.29, 0.717) is 12.5 Å². The third-order valence-electron chi connectivity index (χ3n) is 3.55. The highest BCUT2D eigenvalue weighted by Gasteiger charge is 2.28. The number of primary amides is 1. The molecule has 2 atom stereocenters. The van der Waals surface area contributed by atoms with Gasteiger partial charge in [0.2, 0.25) is 0 Å². The fraction of sp³-hybridized carbons (Fsp3) is 0.583. The molecule has 1 amide bonds. The van der Waals surface area contributed by atoms with Crippen LogP contribution in [0.2, 0.25) is 0 Å². The maximum absolute atomic E-state index is 10.9. The van der Waals surface area contributed by atoms with E-state index in [1.165, 1.54) is 6.42 Å². The molecule has 6 heteroatoms. The first-order valence-corrected chi connectivity index (χ1v) is 6.23. The van der Waals surface area contributed by atoms with Gasteiger partial charge >= 0.3 is 0 Å². The predicted octanol–water partition coefficient (Wildman–Crippen LogP) is 0.139. The molecule has 0 aliphatic carbocycles. The Bertz CT molecular complexity index is 419. The van der Waals surface area contributed by atoms with Gasteiger partial charge in [-0.3, -0.25) is 4.79 Å². The average Bonchev–Trinajstić information content (AvgIpc) is 2.38. The van der Waals surface area contributed by atoms with Crippen LogP contribution >= 0.6 is 0 Å². The first-order valence-electron chi connectivity index (χ1n) is 6.23. The van der Waals surface area contributed by atoms with Gasteiger partial charge in [-0.25, -0.2) is 0 Å². The van der Waals surface area contributed by atoms with Crippen molar-refractivity contribution in [2.75, 3.05) is 18.0 Å². The number of nitrogens with zero attached hydrogens (tertiary/aromatic N) is 3. The minimum Gasteiger partial charge on any atom is -0.364 e. The second-order valence-corrected chi connectivity index (χ2v) is 4.76. The summed E-state index contributed by atoms with van der Waals surface area (Å²) in [7, 11) is 0. The zero-order valence-electron chi connectivity index (χ0n) is 10.5. The van der Waals surface area contributed by atoms with E-state index in [4.69, 9.17) is 11.5 Å². The number of nitrogens with two attached hydrogens (primary N) is 2. The van der Waals surface area contributed by atoms with Crippen molar-refractivity contribution in [2.24, 2.45) is 17.4 Å². The molecule has 18 heavy (non-hydrogen) atoms. The lowest BCUT2D eigenvalue weighted by Crippen LogP contribution is -2.49. The molecule has 1 aliphatic rings. The maximum Gasteiger partial charge on any atom is 0.269 e. The van der Waals surface area contributed by atoms with Crippen molar-refractivity contribution in [3.63, 3.8) is 0 Å². The Morgan fingerprint density at radius 3 is 2.83 bits per heavy atom. The molecule has 1 saturated heterocycles. The Morgan fingerprint density at radius 2 is 2.28 bits per heavy atom. The molecule has 1 aromatic heterocycles. The van der Waals surface area contributed by atoms with E-state index in [1.54, 1.807) is 12.1 Å². The number of carbonyl (C=O) groups is 1. The predicted molar refractivity (Wildman–Crippen MR) is 69.1 cm³/mol. The summed E-state index contributed by atoms with van der Waals surface area (Å²) in [5.74, 6) is 0.750. The molecule has 4 N–H and O–H groups in total. The van der Waals surface area contributed by atoms with Crippen molar-refractivity contribution in [1.29, 1.82) is 0 Å². The second kappa shape index (κ2) is 5.30. The number of rotatable bonds is 3. The summed E-state index contributed by atoms with van der Waals surface area (Å²) in [4.78, 5) is 13.1. The number of hydrogen-bond acceptors (Lipinski definition) is 5. The molecule has 0 saturated carbocycles. The minimum absolute atomic E-state index is 0.188. The lowest BCUT2D eigenvalue weighted by Gasteiger charge is -2.40. The smallest absolute Gasteiger partial charge is 0.269 e. The van der Waals surface area contributed by atoms with E-state index >= 15 is 0 Å². The summed E-state index contributed by atoms with van der Waals surface area (Å²) in [5, 5.41) is 7.92. The lowest BCUT2D eigenvalue weighted by atomic mass is 9.91. The quantitative estimate of drug-likeness (QED) is 0.794. The first-order chi connectivity index (χ1) is 8.63. The van der Waals surface area contributed by atoms with Crippen LogP contribution in [0.5, 0.6) is 0 Å². The summed E-state index contributed by atoms with van der Waals surface area (Å²) in [6.07, 6.45) is 2.31. The van der Waals surface area contributed by atoms with Crippen molar-refractivity contribution in [3.05, 3.63) is 17.8 Å². The Balaban J connectivity index is 2.21. The van der Waals surface area contributed by atoms with Crippen LogP contribution in [-0.2, 0) is 0 Å². The highest BCUT2D eigenvalue weighted by atomic mass is 16.1. The summed E-state index contributed by atoms with van der Waals surface area (Å²) in [6, 6.07) is 3.68. The largest absolute Gasteiger partial charge is 0.364 e. The molecule has 6 nitrogen and oxygen atoms in total. The molecular weight excluding hydrogens is 230 g/mol. The zero-order chi connectivity index (χ0) is 13.1. The second-order valence-electron chi connectivity index (χ2n) is 4.76. The molecule has 0 bridgehead atoms. The fourth-order valence-corrected chi connectivity index (χ4v) is 2.50. The number of hydrogen-bond donors (Lipinski definition) is 2. The van der Waals surface area contributed by atoms with Crippen molar-refractivity contribution >= 4 is 11.7 Å². The number of aromatic nitrogens is 2. The number of piperidine rings is 1. The van der Waals surface area contributed by atoms with Gasteiger partial charge in [0.05, 0.1) is 0 Å². The van der Waals surface area contributed by atoms with Crippen molar-refractivity contribution in [1.82, 2.24) is 10.2 Å². The van der Waals surface area contributed by atoms with Crippen molar-refractivity contribution in [3.8, 4) is 0 Å². The Labute approximate surface area is 106 Å². The third-order valence-corrected chi connectivity index (χ3v) is 3.55. The van der Waals surface area contributed by atoms with Crippen LogP contribution in [0.1, 0.15) is 30.3 Å². The van der Waals surface area contributed by atoms with Gasteiger partial charge in [0.15, 0.2) is 11.5 Å². The van der Waals surface area contributed by atoms with E-state index in [2.05, 4.69) is 22.0 Å². The van der Waals surface area contributed by atoms with Crippen LogP contribution in [0.3, 0.4) is 0 Å². The number of anilines is 1. The molecule has 0 aromatic carbocycles. The Kier molecular flexibility index (Phi) is 3.76. The standard InChI is InChI=1S/C12H19N5O/c1-8-3-2-6-17(10(8)7-13)11-5-4-9(12(14)18)15-16-11/h4-5,8,10H,2-3,6-7,13H2,1H3,(H2,14,18). The molecule has 98 valence electrons. The molecule has 2 heterocycles. The van der Waals surface area contributed by atoms with E-state index in [9.17, 15) is 4.79 Å². The minimum atomic E-state index is -0.559. The first kappa shape index (κ1) is 12.8. The topological polar surface area (TPSA) is 98.1 Å². The summed E-state index contributed by atoms with van der Waals surface area (Å²) in [6.45, 7) is 3.73. The summed E-state index contributed by atoms with van der Waals surface area (Å²) in [5.41, 5.74) is 11.2. The molecule has 0 radical (unpaired) electrons. The van der Waals surface area contributed by atoms with Crippen molar-refractivity contribution in [2.45, 2.75) is 25.8 Å². The number of carbonyl (C=O) groups excluding carboxylic acids is 1. The highest BCUT2D eigenvalue weighted by Crippen LogP contribution is 2.26. The van der Waals surface area contributed by atoms with Gasteiger partial charge in [0, 0.05) is 19.1 Å². The van der Waals surface area contributed by atoms with Gasteiger partial charge in [0.1, 0.15) is 0 Å². The van der Waals surface area contributed by atoms with Gasteiger partial charge in [-0.15, -0.1) is 10.2 Å². The van der Waals surface area contributed by atoms with Gasteiger partial charge in [0.25, 0.3) is 5.91 Å². The third kappa shape index (κ3) is 2.43. The highest BCUT2D eigenvalue weighted by molar-refractivity contribution is 5.90. The average molecular weight is 249 g/mol. The van der Waals surface area contributed by atoms with E-state index < -0.39 is 5.91 Å². The Hall–Kier alpha value is -1.69. The van der Waals surface area contributed by atoms with Crippen LogP contribution in [0, 0.1) is 5.92 Å². The zero-order valence-corrected chi connectivity index (χ0v) is 10.5. The van der Waals surface area contributed by atoms with Crippen LogP contribution in [-0.4, -0.2) is 35.2 Å². The molecule has 1 aliphatic heterocycles. The van der Waals surface area contributed by atoms with E-state index in [0.717, 1.165) is 18.8 Å². The van der Waals surface area contributed by atoms with Crippen LogP contribution in [0.25, 0.3) is 0 Å². The molecular formula is C12H19N5O. The molecule has 1 fully saturated rings. The maximum atomic E-state index is 10.9. The van der Waals surface area contributed by atoms with Gasteiger partial charge in [-0.2, -0.15) is 0 Å². The molecule has 2 unspecified atom stereocenters. The van der Waals surface area contributed by atoms with Crippen LogP contribution in [0.15, 0.2) is 12.1 Å². The van der Waals surface area contributed by atoms with Gasteiger partial charge in [-0.05, 0) is 30.9 Å². The monoisotopic (exact) mass is 249 g/mol. The van der Waals surface area contributed by atoms with E-state index in [-0.39, 0.29) is 11.7 Å². The summed E-state index contributed by atoms with van der Waals surface area (Å²) < 4.78 is 0. The Morgan fingerprint density at radius 1 is 1.50 bits per heavy atom.